The van der Waals surface area contributed by atoms with Gasteiger partial charge in [0.25, 0.3) is 0 Å². The number of aromatic nitrogens is 2. The van der Waals surface area contributed by atoms with E-state index in [1.807, 2.05) is 0 Å². The van der Waals surface area contributed by atoms with Crippen molar-refractivity contribution >= 4 is 19.5 Å². The molecule has 37 heavy (non-hydrogen) atoms. The number of nitrogens with zero attached hydrogens (tertiary/aromatic N) is 1. The minimum atomic E-state index is -4.40. The molecule has 2 fully saturated rings. The van der Waals surface area contributed by atoms with Gasteiger partial charge in [-0.15, -0.1) is 4.67 Å². The van der Waals surface area contributed by atoms with Crippen LogP contribution in [0.5, 0.6) is 5.75 Å². The second kappa shape index (κ2) is 11.3. The fraction of sp³-hybridized carbons (Fsp3) is 0.500. The van der Waals surface area contributed by atoms with E-state index in [1.165, 1.54) is 13.1 Å². The summed E-state index contributed by atoms with van der Waals surface area (Å²) < 4.78 is 34.2. The molecule has 14 nitrogen and oxygen atoms in total. The second-order valence-corrected chi connectivity index (χ2v) is 10.3. The summed E-state index contributed by atoms with van der Waals surface area (Å²) in [6.07, 6.45) is 0.103. The monoisotopic (exact) mass is 540 g/mol. The number of carbonyl (C=O) groups excluding carboxylic acids is 1. The van der Waals surface area contributed by atoms with Gasteiger partial charge >= 0.3 is 19.4 Å². The number of para-hydroxylation sites is 1. The van der Waals surface area contributed by atoms with Gasteiger partial charge in [-0.05, 0) is 38.8 Å². The second-order valence-electron chi connectivity index (χ2n) is 8.72. The number of esters is 1. The van der Waals surface area contributed by atoms with Gasteiger partial charge in [0.05, 0.1) is 18.8 Å². The van der Waals surface area contributed by atoms with Gasteiger partial charge in [-0.3, -0.25) is 9.78 Å². The van der Waals surface area contributed by atoms with Gasteiger partial charge in [0.15, 0.2) is 5.75 Å². The predicted molar refractivity (Wildman–Crippen MR) is 127 cm³/mol. The molecule has 1 aromatic carbocycles. The van der Waals surface area contributed by atoms with Gasteiger partial charge in [0.2, 0.25) is 0 Å². The van der Waals surface area contributed by atoms with Crippen LogP contribution in [0.1, 0.15) is 38.4 Å². The molecule has 5 atom stereocenters. The van der Waals surface area contributed by atoms with Crippen LogP contribution in [-0.4, -0.2) is 52.5 Å². The van der Waals surface area contributed by atoms with Crippen molar-refractivity contribution in [3.8, 4) is 5.75 Å². The first-order valence-electron chi connectivity index (χ1n) is 11.6. The maximum absolute atomic E-state index is 13.3. The number of carbonyl (C=O) groups is 1. The van der Waals surface area contributed by atoms with Crippen LogP contribution >= 0.6 is 7.75 Å². The summed E-state index contributed by atoms with van der Waals surface area (Å²) in [5.74, 6) is -0.388. The number of ether oxygens (including phenoxy) is 2. The van der Waals surface area contributed by atoms with E-state index in [4.69, 9.17) is 34.3 Å². The molecule has 0 amide bonds. The van der Waals surface area contributed by atoms with Crippen LogP contribution in [0.15, 0.2) is 41.3 Å². The Kier molecular flexibility index (Phi) is 8.29. The number of nitrogen functional groups attached to an aromatic ring is 1. The molecule has 1 saturated heterocycles. The zero-order valence-corrected chi connectivity index (χ0v) is 21.1. The van der Waals surface area contributed by atoms with E-state index in [1.54, 1.807) is 37.3 Å². The molecule has 0 radical (unpaired) electrons. The lowest BCUT2D eigenvalue weighted by Crippen LogP contribution is -2.35. The first kappa shape index (κ1) is 27.2. The highest BCUT2D eigenvalue weighted by Gasteiger charge is 2.64. The number of aromatic amines is 1. The van der Waals surface area contributed by atoms with Gasteiger partial charge in [-0.1, -0.05) is 22.9 Å². The zero-order valence-electron chi connectivity index (χ0n) is 20.2. The number of benzene rings is 1. The lowest BCUT2D eigenvalue weighted by molar-refractivity contribution is -0.257. The maximum Gasteiger partial charge on any atom is 0.469 e. The Hall–Kier alpha value is -2.84. The topological polar surface area (TPSA) is 194 Å². The smallest absolute Gasteiger partial charge is 0.465 e. The Morgan fingerprint density at radius 1 is 1.35 bits per heavy atom. The van der Waals surface area contributed by atoms with Crippen LogP contribution < -0.4 is 21.4 Å². The van der Waals surface area contributed by atoms with Crippen molar-refractivity contribution in [1.82, 2.24) is 15.1 Å². The van der Waals surface area contributed by atoms with Crippen molar-refractivity contribution in [2.45, 2.75) is 51.0 Å². The van der Waals surface area contributed by atoms with Gasteiger partial charge in [-0.25, -0.2) is 24.3 Å². The van der Waals surface area contributed by atoms with E-state index in [0.717, 1.165) is 0 Å². The highest BCUT2D eigenvalue weighted by atomic mass is 31.2. The number of hydrogen-bond donors (Lipinski definition) is 4. The average molecular weight is 540 g/mol. The van der Waals surface area contributed by atoms with Crippen LogP contribution in [0.2, 0.25) is 0 Å². The normalized spacial score (nSPS) is 24.4. The summed E-state index contributed by atoms with van der Waals surface area (Å²) in [4.78, 5) is 39.8. The minimum absolute atomic E-state index is 0.0920. The Bertz CT molecular complexity index is 1190. The van der Waals surface area contributed by atoms with E-state index in [9.17, 15) is 19.3 Å². The Labute approximate surface area is 211 Å². The third-order valence-electron chi connectivity index (χ3n) is 6.11. The maximum atomic E-state index is 13.3. The summed E-state index contributed by atoms with van der Waals surface area (Å²) in [5, 5.41) is 13.3. The van der Waals surface area contributed by atoms with E-state index in [0.29, 0.717) is 18.4 Å². The quantitative estimate of drug-likeness (QED) is 0.131. The fourth-order valence-electron chi connectivity index (χ4n) is 4.10. The van der Waals surface area contributed by atoms with Gasteiger partial charge < -0.3 is 25.2 Å². The Morgan fingerprint density at radius 2 is 2.08 bits per heavy atom. The van der Waals surface area contributed by atoms with E-state index >= 15 is 0 Å². The van der Waals surface area contributed by atoms with Gasteiger partial charge in [0, 0.05) is 17.2 Å². The number of hydrogen-bond acceptors (Lipinski definition) is 12. The van der Waals surface area contributed by atoms with Crippen molar-refractivity contribution < 1.29 is 43.1 Å². The number of H-pyrrole nitrogens is 1. The molecule has 1 aliphatic heterocycles. The third kappa shape index (κ3) is 6.18. The summed E-state index contributed by atoms with van der Waals surface area (Å²) in [6.45, 7) is 2.78. The van der Waals surface area contributed by atoms with Crippen molar-refractivity contribution in [3.63, 3.8) is 0 Å². The van der Waals surface area contributed by atoms with Crippen LogP contribution in [0.3, 0.4) is 0 Å². The Balaban J connectivity index is 1.41. The van der Waals surface area contributed by atoms with E-state index in [-0.39, 0.29) is 24.8 Å². The molecule has 2 heterocycles. The van der Waals surface area contributed by atoms with Crippen LogP contribution in [-0.2, 0) is 33.1 Å². The summed E-state index contributed by atoms with van der Waals surface area (Å²) in [5.41, 5.74) is 5.15. The summed E-state index contributed by atoms with van der Waals surface area (Å²) >= 11 is 0. The molecule has 0 bridgehead atoms. The molecule has 1 aliphatic carbocycles. The van der Waals surface area contributed by atoms with Crippen molar-refractivity contribution in [1.29, 1.82) is 0 Å². The van der Waals surface area contributed by atoms with Crippen LogP contribution in [0.25, 0.3) is 0 Å². The molecule has 202 valence electrons. The standard InChI is InChI=1S/C22H29N4O10P/c1-3-31-20(28)13(2)26-37(30,36-34-14-7-5-4-6-8-14)35-32-12-16-17(27)22(9-10-22)18(33-16)15-11-24-21(29)25-19(15)23/h4-8,11,13,16-18,27H,3,9-10,12H2,1-2H3,(H,26,30)(H3,23,24,25,29)/t13-,16+,17+,18+,37?/m0/s1. The van der Waals surface area contributed by atoms with Crippen molar-refractivity contribution in [3.05, 3.63) is 52.6 Å². The summed E-state index contributed by atoms with van der Waals surface area (Å²) in [6, 6.07) is 7.09. The fourth-order valence-corrected chi connectivity index (χ4v) is 5.17. The first-order chi connectivity index (χ1) is 17.7. The average Bonchev–Trinajstić information content (AvgIpc) is 3.63. The molecule has 1 aromatic heterocycles. The van der Waals surface area contributed by atoms with Crippen LogP contribution in [0.4, 0.5) is 5.82 Å². The zero-order chi connectivity index (χ0) is 26.6. The predicted octanol–water partition coefficient (Wildman–Crippen LogP) is 1.54. The van der Waals surface area contributed by atoms with E-state index < -0.39 is 49.2 Å². The minimum Gasteiger partial charge on any atom is -0.465 e. The van der Waals surface area contributed by atoms with Crippen LogP contribution in [0, 0.1) is 5.41 Å². The number of nitrogens with two attached hydrogens (primary N) is 1. The number of nitrogens with one attached hydrogen (secondary N) is 2. The van der Waals surface area contributed by atoms with E-state index in [2.05, 4.69) is 15.1 Å². The largest absolute Gasteiger partial charge is 0.469 e. The first-order valence-corrected chi connectivity index (χ1v) is 13.2. The third-order valence-corrected chi connectivity index (χ3v) is 7.38. The SMILES string of the molecule is CCOC(=O)[C@H](C)NP(=O)(OOC[C@H]1O[C@H](c2cnc(=O)[nH]c2N)C2(CC2)[C@@H]1O)OOc1ccccc1. The molecule has 2 aliphatic rings. The molecular formula is C22H29N4O10P. The molecule has 1 unspecified atom stereocenters. The number of rotatable bonds is 12. The van der Waals surface area contributed by atoms with Crippen molar-refractivity contribution in [2.24, 2.45) is 5.41 Å². The van der Waals surface area contributed by atoms with Gasteiger partial charge in [-0.2, -0.15) is 0 Å². The Morgan fingerprint density at radius 3 is 2.73 bits per heavy atom. The number of aliphatic hydroxyl groups is 1. The lowest BCUT2D eigenvalue weighted by Gasteiger charge is -2.21. The summed E-state index contributed by atoms with van der Waals surface area (Å²) in [7, 11) is -4.40. The lowest BCUT2D eigenvalue weighted by atomic mass is 9.89. The van der Waals surface area contributed by atoms with Gasteiger partial charge in [0.1, 0.15) is 24.6 Å². The number of anilines is 1. The molecule has 1 saturated carbocycles. The highest BCUT2D eigenvalue weighted by molar-refractivity contribution is 7.51. The molecule has 15 heteroatoms. The molecule has 2 aromatic rings. The molecule has 1 spiro atoms. The molecular weight excluding hydrogens is 511 g/mol. The highest BCUT2D eigenvalue weighted by Crippen LogP contribution is 2.64. The number of aliphatic hydroxyl groups excluding tert-OH is 1. The molecule has 4 rings (SSSR count). The molecule has 5 N–H and O–H groups in total. The van der Waals surface area contributed by atoms with Crippen molar-refractivity contribution in [2.75, 3.05) is 18.9 Å².